The smallest absolute Gasteiger partial charge is 0.120 e. The highest BCUT2D eigenvalue weighted by Crippen LogP contribution is 2.28. The summed E-state index contributed by atoms with van der Waals surface area (Å²) < 4.78 is 15.3. The first-order valence-corrected chi connectivity index (χ1v) is 21.3. The van der Waals surface area contributed by atoms with E-state index in [1.54, 1.807) is 14.2 Å². The van der Waals surface area contributed by atoms with Gasteiger partial charge in [-0.25, -0.2) is 9.97 Å². The SMILES string of the molecule is COc1cccc(N2CCN(CCc3nc4ccc5ccccc5c4n3C)CC2)c1.COc1cccc(N2CCN(CCc3nc4ccc5ccccc5c4n3C)CC2)c1.O. The van der Waals surface area contributed by atoms with Crippen LogP contribution in [0.4, 0.5) is 11.4 Å². The third-order valence-electron chi connectivity index (χ3n) is 12.6. The van der Waals surface area contributed by atoms with Crippen molar-refractivity contribution in [1.82, 2.24) is 28.9 Å². The van der Waals surface area contributed by atoms with Gasteiger partial charge in [-0.2, -0.15) is 0 Å². The quantitative estimate of drug-likeness (QED) is 0.141. The van der Waals surface area contributed by atoms with Crippen LogP contribution in [0.2, 0.25) is 0 Å². The Hall–Kier alpha value is -6.14. The topological polar surface area (TPSA) is 98.6 Å². The fourth-order valence-electron chi connectivity index (χ4n) is 9.10. The molecular formula is C50H58N8O3. The molecule has 0 atom stereocenters. The first kappa shape index (κ1) is 41.6. The van der Waals surface area contributed by atoms with E-state index in [1.807, 2.05) is 12.1 Å². The second kappa shape index (κ2) is 18.6. The van der Waals surface area contributed by atoms with Crippen molar-refractivity contribution in [2.75, 3.05) is 89.5 Å². The number of anilines is 2. The predicted molar refractivity (Wildman–Crippen MR) is 251 cm³/mol. The number of hydrogen-bond donors (Lipinski definition) is 0. The maximum absolute atomic E-state index is 5.37. The maximum atomic E-state index is 5.37. The van der Waals surface area contributed by atoms with Gasteiger partial charge in [-0.15, -0.1) is 0 Å². The van der Waals surface area contributed by atoms with Gasteiger partial charge >= 0.3 is 0 Å². The maximum Gasteiger partial charge on any atom is 0.120 e. The molecule has 8 aromatic rings. The van der Waals surface area contributed by atoms with Gasteiger partial charge in [0.05, 0.1) is 36.3 Å². The summed E-state index contributed by atoms with van der Waals surface area (Å²) in [6, 6.07) is 42.5. The Morgan fingerprint density at radius 3 is 1.30 bits per heavy atom. The fraction of sp³-hybridized carbons (Fsp3) is 0.320. The minimum atomic E-state index is 0. The molecule has 2 fully saturated rings. The molecule has 0 radical (unpaired) electrons. The largest absolute Gasteiger partial charge is 0.497 e. The van der Waals surface area contributed by atoms with Gasteiger partial charge in [0.15, 0.2) is 0 Å². The monoisotopic (exact) mass is 818 g/mol. The van der Waals surface area contributed by atoms with Gasteiger partial charge in [0.25, 0.3) is 0 Å². The third-order valence-corrected chi connectivity index (χ3v) is 12.6. The van der Waals surface area contributed by atoms with Gasteiger partial charge in [-0.05, 0) is 47.2 Å². The Bertz CT molecular complexity index is 2540. The van der Waals surface area contributed by atoms with Crippen LogP contribution in [0, 0.1) is 0 Å². The average molecular weight is 819 g/mol. The molecule has 316 valence electrons. The van der Waals surface area contributed by atoms with Crippen molar-refractivity contribution in [3.8, 4) is 11.5 Å². The molecule has 0 unspecified atom stereocenters. The molecule has 11 heteroatoms. The van der Waals surface area contributed by atoms with E-state index in [-0.39, 0.29) is 5.48 Å². The van der Waals surface area contributed by atoms with Gasteiger partial charge in [-0.3, -0.25) is 9.80 Å². The molecule has 0 aliphatic carbocycles. The number of piperazine rings is 2. The zero-order valence-electron chi connectivity index (χ0n) is 35.9. The zero-order chi connectivity index (χ0) is 41.0. The number of benzene rings is 6. The molecule has 2 aromatic heterocycles. The Balaban J connectivity index is 0.000000166. The highest BCUT2D eigenvalue weighted by molar-refractivity contribution is 6.05. The van der Waals surface area contributed by atoms with Crippen LogP contribution in [0.3, 0.4) is 0 Å². The summed E-state index contributed by atoms with van der Waals surface area (Å²) in [7, 11) is 7.75. The number of ether oxygens (including phenoxy) is 2. The van der Waals surface area contributed by atoms with E-state index < -0.39 is 0 Å². The normalized spacial score (nSPS) is 15.0. The van der Waals surface area contributed by atoms with Gasteiger partial charge in [0.2, 0.25) is 0 Å². The molecule has 0 amide bonds. The van der Waals surface area contributed by atoms with Crippen molar-refractivity contribution in [3.63, 3.8) is 0 Å². The van der Waals surface area contributed by atoms with E-state index in [1.165, 1.54) is 44.0 Å². The summed E-state index contributed by atoms with van der Waals surface area (Å²) in [6.45, 7) is 10.5. The molecule has 61 heavy (non-hydrogen) atoms. The van der Waals surface area contributed by atoms with Gasteiger partial charge in [0.1, 0.15) is 23.1 Å². The summed E-state index contributed by atoms with van der Waals surface area (Å²) in [6.07, 6.45) is 1.94. The lowest BCUT2D eigenvalue weighted by atomic mass is 10.1. The van der Waals surface area contributed by atoms with Crippen LogP contribution < -0.4 is 19.3 Å². The standard InChI is InChI=1S/2C25H28N4O.H2O/c2*1-27-24(26-23-11-10-19-6-3-4-9-22(19)25(23)27)12-13-28-14-16-29(17-15-28)20-7-5-8-21(18-20)30-2;/h2*3-11,18H,12-17H2,1-2H3;1H2. The molecule has 2 N–H and O–H groups in total. The van der Waals surface area contributed by atoms with Crippen molar-refractivity contribution in [1.29, 1.82) is 0 Å². The van der Waals surface area contributed by atoms with Crippen molar-refractivity contribution in [2.45, 2.75) is 12.8 Å². The molecule has 2 aliphatic heterocycles. The highest BCUT2D eigenvalue weighted by atomic mass is 16.5. The van der Waals surface area contributed by atoms with Crippen LogP contribution in [-0.4, -0.2) is 114 Å². The molecule has 6 aromatic carbocycles. The number of imidazole rings is 2. The Morgan fingerprint density at radius 2 is 0.885 bits per heavy atom. The summed E-state index contributed by atoms with van der Waals surface area (Å²) in [4.78, 5) is 19.9. The average Bonchev–Trinajstić information content (AvgIpc) is 3.82. The molecule has 2 aliphatic rings. The van der Waals surface area contributed by atoms with Crippen LogP contribution in [0.1, 0.15) is 11.6 Å². The minimum absolute atomic E-state index is 0. The van der Waals surface area contributed by atoms with Crippen LogP contribution >= 0.6 is 0 Å². The van der Waals surface area contributed by atoms with Crippen molar-refractivity contribution >= 4 is 55.0 Å². The van der Waals surface area contributed by atoms with Gasteiger partial charge in [-0.1, -0.05) is 72.8 Å². The summed E-state index contributed by atoms with van der Waals surface area (Å²) >= 11 is 0. The second-order valence-electron chi connectivity index (χ2n) is 16.0. The number of fused-ring (bicyclic) bond motifs is 6. The predicted octanol–water partition coefficient (Wildman–Crippen LogP) is 7.37. The summed E-state index contributed by atoms with van der Waals surface area (Å²) in [5.74, 6) is 4.17. The Labute approximate surface area is 358 Å². The number of rotatable bonds is 10. The van der Waals surface area contributed by atoms with E-state index in [0.717, 1.165) is 112 Å². The molecule has 11 nitrogen and oxygen atoms in total. The molecule has 2 saturated heterocycles. The van der Waals surface area contributed by atoms with E-state index >= 15 is 0 Å². The van der Waals surface area contributed by atoms with Crippen molar-refractivity contribution in [3.05, 3.63) is 133 Å². The van der Waals surface area contributed by atoms with Crippen LogP contribution in [0.15, 0.2) is 121 Å². The van der Waals surface area contributed by atoms with Crippen LogP contribution in [0.5, 0.6) is 11.5 Å². The van der Waals surface area contributed by atoms with Crippen molar-refractivity contribution in [2.24, 2.45) is 14.1 Å². The first-order valence-electron chi connectivity index (χ1n) is 21.3. The van der Waals surface area contributed by atoms with Crippen molar-refractivity contribution < 1.29 is 14.9 Å². The number of aryl methyl sites for hydroxylation is 2. The Morgan fingerprint density at radius 1 is 0.475 bits per heavy atom. The van der Waals surface area contributed by atoms with E-state index in [0.29, 0.717) is 0 Å². The first-order chi connectivity index (χ1) is 29.4. The number of methoxy groups -OCH3 is 2. The molecule has 4 heterocycles. The van der Waals surface area contributed by atoms with Crippen LogP contribution in [-0.2, 0) is 26.9 Å². The second-order valence-corrected chi connectivity index (χ2v) is 16.0. The minimum Gasteiger partial charge on any atom is -0.497 e. The zero-order valence-corrected chi connectivity index (χ0v) is 35.9. The Kier molecular flexibility index (Phi) is 12.7. The van der Waals surface area contributed by atoms with Crippen LogP contribution in [0.25, 0.3) is 43.6 Å². The number of aromatic nitrogens is 4. The van der Waals surface area contributed by atoms with Gasteiger partial charge < -0.3 is 33.9 Å². The van der Waals surface area contributed by atoms with Gasteiger partial charge in [0, 0.05) is 127 Å². The molecule has 0 saturated carbocycles. The molecule has 0 spiro atoms. The number of hydrogen-bond acceptors (Lipinski definition) is 8. The third kappa shape index (κ3) is 8.86. The molecule has 0 bridgehead atoms. The summed E-state index contributed by atoms with van der Waals surface area (Å²) in [5, 5.41) is 5.10. The van der Waals surface area contributed by atoms with E-state index in [4.69, 9.17) is 19.4 Å². The lowest BCUT2D eigenvalue weighted by molar-refractivity contribution is 0.259. The highest BCUT2D eigenvalue weighted by Gasteiger charge is 2.21. The lowest BCUT2D eigenvalue weighted by Crippen LogP contribution is -2.47. The molecular weight excluding hydrogens is 761 g/mol. The summed E-state index contributed by atoms with van der Waals surface area (Å²) in [5.41, 5.74) is 7.16. The number of nitrogens with zero attached hydrogens (tertiary/aromatic N) is 8. The van der Waals surface area contributed by atoms with E-state index in [2.05, 4.69) is 152 Å². The fourth-order valence-corrected chi connectivity index (χ4v) is 9.10. The lowest BCUT2D eigenvalue weighted by Gasteiger charge is -2.36. The van der Waals surface area contributed by atoms with E-state index in [9.17, 15) is 0 Å². The molecule has 10 rings (SSSR count).